The Balaban J connectivity index is 3.34. The highest BCUT2D eigenvalue weighted by Crippen LogP contribution is 2.11. The van der Waals surface area contributed by atoms with Gasteiger partial charge in [-0.3, -0.25) is 14.4 Å². The number of hydrogen-bond donors (Lipinski definition) is 0. The summed E-state index contributed by atoms with van der Waals surface area (Å²) >= 11 is 0. The summed E-state index contributed by atoms with van der Waals surface area (Å²) in [4.78, 5) is 34.2. The molecule has 5 heteroatoms. The number of ether oxygens (including phenoxy) is 2. The molecule has 28 heavy (non-hydrogen) atoms. The highest BCUT2D eigenvalue weighted by molar-refractivity contribution is 5.83. The third-order valence-corrected chi connectivity index (χ3v) is 4.90. The quantitative estimate of drug-likeness (QED) is 0.199. The Labute approximate surface area is 171 Å². The molecule has 0 aromatic heterocycles. The molecule has 0 bridgehead atoms. The molecule has 0 rings (SSSR count). The molecule has 164 valence electrons. The van der Waals surface area contributed by atoms with Crippen molar-refractivity contribution < 1.29 is 23.9 Å². The largest absolute Gasteiger partial charge is 0.466 e. The Morgan fingerprint density at radius 3 is 1.68 bits per heavy atom. The Morgan fingerprint density at radius 2 is 1.14 bits per heavy atom. The van der Waals surface area contributed by atoms with E-state index in [1.165, 1.54) is 39.0 Å². The number of ketones is 1. The molecule has 0 saturated carbocycles. The van der Waals surface area contributed by atoms with Crippen LogP contribution in [0, 0.1) is 0 Å². The van der Waals surface area contributed by atoms with Gasteiger partial charge in [-0.15, -0.1) is 0 Å². The lowest BCUT2D eigenvalue weighted by atomic mass is 10.1. The smallest absolute Gasteiger partial charge is 0.306 e. The minimum atomic E-state index is -0.641. The van der Waals surface area contributed by atoms with Crippen LogP contribution >= 0.6 is 0 Å². The SMILES string of the molecule is CCCCCCCCCOC(=O)CCCCCCCCC(=O)OC(C)C(C)=O. The van der Waals surface area contributed by atoms with Crippen LogP contribution in [-0.2, 0) is 23.9 Å². The molecule has 0 heterocycles. The first-order valence-electron chi connectivity index (χ1n) is 11.3. The van der Waals surface area contributed by atoms with Gasteiger partial charge in [-0.2, -0.15) is 0 Å². The standard InChI is InChI=1S/C23H42O5/c1-4-5-6-7-10-13-16-19-27-22(25)17-14-11-8-9-12-15-18-23(26)28-21(3)20(2)24/h21H,4-19H2,1-3H3. The van der Waals surface area contributed by atoms with Crippen LogP contribution in [0.25, 0.3) is 0 Å². The predicted molar refractivity (Wildman–Crippen MR) is 112 cm³/mol. The van der Waals surface area contributed by atoms with Gasteiger partial charge in [-0.05, 0) is 33.1 Å². The highest BCUT2D eigenvalue weighted by atomic mass is 16.5. The van der Waals surface area contributed by atoms with E-state index in [9.17, 15) is 14.4 Å². The summed E-state index contributed by atoms with van der Waals surface area (Å²) in [6.45, 7) is 5.80. The van der Waals surface area contributed by atoms with Gasteiger partial charge in [0.1, 0.15) is 0 Å². The molecule has 5 nitrogen and oxygen atoms in total. The monoisotopic (exact) mass is 398 g/mol. The van der Waals surface area contributed by atoms with Gasteiger partial charge in [0.2, 0.25) is 0 Å². The van der Waals surface area contributed by atoms with Gasteiger partial charge in [0.05, 0.1) is 6.61 Å². The second-order valence-electron chi connectivity index (χ2n) is 7.71. The molecule has 0 radical (unpaired) electrons. The maximum atomic E-state index is 11.7. The second kappa shape index (κ2) is 18.9. The second-order valence-corrected chi connectivity index (χ2v) is 7.71. The average Bonchev–Trinajstić information content (AvgIpc) is 2.65. The van der Waals surface area contributed by atoms with Crippen molar-refractivity contribution in [2.45, 2.75) is 123 Å². The number of carbonyl (C=O) groups is 3. The van der Waals surface area contributed by atoms with E-state index in [2.05, 4.69) is 6.92 Å². The third kappa shape index (κ3) is 18.0. The topological polar surface area (TPSA) is 69.7 Å². The van der Waals surface area contributed by atoms with E-state index in [0.717, 1.165) is 51.4 Å². The molecule has 0 aromatic carbocycles. The lowest BCUT2D eigenvalue weighted by Crippen LogP contribution is -2.21. The van der Waals surface area contributed by atoms with E-state index in [4.69, 9.17) is 9.47 Å². The van der Waals surface area contributed by atoms with E-state index in [1.807, 2.05) is 0 Å². The zero-order valence-electron chi connectivity index (χ0n) is 18.4. The summed E-state index contributed by atoms with van der Waals surface area (Å²) in [6.07, 6.45) is 14.5. The fourth-order valence-corrected chi connectivity index (χ4v) is 2.90. The summed E-state index contributed by atoms with van der Waals surface area (Å²) in [5, 5.41) is 0. The van der Waals surface area contributed by atoms with Crippen molar-refractivity contribution in [1.82, 2.24) is 0 Å². The van der Waals surface area contributed by atoms with E-state index in [-0.39, 0.29) is 17.7 Å². The highest BCUT2D eigenvalue weighted by Gasteiger charge is 2.12. The van der Waals surface area contributed by atoms with Crippen LogP contribution in [0.1, 0.15) is 117 Å². The van der Waals surface area contributed by atoms with Gasteiger partial charge in [0, 0.05) is 12.8 Å². The zero-order chi connectivity index (χ0) is 21.0. The molecular weight excluding hydrogens is 356 g/mol. The van der Waals surface area contributed by atoms with Crippen molar-refractivity contribution >= 4 is 17.7 Å². The fourth-order valence-electron chi connectivity index (χ4n) is 2.90. The number of unbranched alkanes of at least 4 members (excludes halogenated alkanes) is 11. The molecule has 1 unspecified atom stereocenters. The van der Waals surface area contributed by atoms with Gasteiger partial charge >= 0.3 is 11.9 Å². The molecule has 0 saturated heterocycles. The number of Topliss-reactive ketones (excluding diaryl/α,β-unsaturated/α-hetero) is 1. The van der Waals surface area contributed by atoms with Crippen molar-refractivity contribution in [1.29, 1.82) is 0 Å². The molecule has 0 aromatic rings. The minimum absolute atomic E-state index is 0.0756. The van der Waals surface area contributed by atoms with Crippen molar-refractivity contribution in [2.24, 2.45) is 0 Å². The first-order chi connectivity index (χ1) is 13.5. The van der Waals surface area contributed by atoms with Crippen LogP contribution in [0.3, 0.4) is 0 Å². The van der Waals surface area contributed by atoms with Crippen LogP contribution in [0.5, 0.6) is 0 Å². The molecule has 0 aliphatic heterocycles. The Hall–Kier alpha value is -1.39. The summed E-state index contributed by atoms with van der Waals surface area (Å²) in [6, 6.07) is 0. The summed E-state index contributed by atoms with van der Waals surface area (Å²) in [7, 11) is 0. The van der Waals surface area contributed by atoms with E-state index in [1.54, 1.807) is 6.92 Å². The van der Waals surface area contributed by atoms with E-state index >= 15 is 0 Å². The zero-order valence-corrected chi connectivity index (χ0v) is 18.4. The average molecular weight is 399 g/mol. The van der Waals surface area contributed by atoms with Gasteiger partial charge in [-0.1, -0.05) is 71.1 Å². The van der Waals surface area contributed by atoms with Crippen molar-refractivity contribution in [3.63, 3.8) is 0 Å². The van der Waals surface area contributed by atoms with Crippen molar-refractivity contribution in [3.8, 4) is 0 Å². The third-order valence-electron chi connectivity index (χ3n) is 4.90. The molecule has 0 fully saturated rings. The summed E-state index contributed by atoms with van der Waals surface area (Å²) in [5.41, 5.74) is 0. The van der Waals surface area contributed by atoms with E-state index in [0.29, 0.717) is 19.4 Å². The van der Waals surface area contributed by atoms with Gasteiger partial charge in [0.25, 0.3) is 0 Å². The van der Waals surface area contributed by atoms with Crippen molar-refractivity contribution in [2.75, 3.05) is 6.61 Å². The molecule has 1 atom stereocenters. The maximum absolute atomic E-state index is 11.7. The van der Waals surface area contributed by atoms with Crippen LogP contribution in [0.2, 0.25) is 0 Å². The Kier molecular flexibility index (Phi) is 18.0. The number of hydrogen-bond acceptors (Lipinski definition) is 5. The van der Waals surface area contributed by atoms with Gasteiger partial charge in [-0.25, -0.2) is 0 Å². The van der Waals surface area contributed by atoms with Crippen LogP contribution in [0.15, 0.2) is 0 Å². The minimum Gasteiger partial charge on any atom is -0.466 e. The molecular formula is C23H42O5. The number of esters is 2. The van der Waals surface area contributed by atoms with Gasteiger partial charge in [0.15, 0.2) is 11.9 Å². The molecule has 0 aliphatic rings. The Morgan fingerprint density at radius 1 is 0.679 bits per heavy atom. The number of carbonyl (C=O) groups excluding carboxylic acids is 3. The fraction of sp³-hybridized carbons (Fsp3) is 0.870. The Bertz CT molecular complexity index is 419. The first-order valence-corrected chi connectivity index (χ1v) is 11.3. The molecule has 0 aliphatic carbocycles. The predicted octanol–water partition coefficient (Wildman–Crippen LogP) is 5.92. The van der Waals surface area contributed by atoms with Gasteiger partial charge < -0.3 is 9.47 Å². The maximum Gasteiger partial charge on any atom is 0.306 e. The van der Waals surface area contributed by atoms with Crippen LogP contribution in [-0.4, -0.2) is 30.4 Å². The molecule has 0 N–H and O–H groups in total. The van der Waals surface area contributed by atoms with E-state index < -0.39 is 6.10 Å². The summed E-state index contributed by atoms with van der Waals surface area (Å²) < 4.78 is 10.3. The summed E-state index contributed by atoms with van der Waals surface area (Å²) in [5.74, 6) is -0.506. The van der Waals surface area contributed by atoms with Crippen LogP contribution in [0.4, 0.5) is 0 Å². The lowest BCUT2D eigenvalue weighted by molar-refractivity contribution is -0.153. The van der Waals surface area contributed by atoms with Crippen molar-refractivity contribution in [3.05, 3.63) is 0 Å². The normalized spacial score (nSPS) is 11.8. The van der Waals surface area contributed by atoms with Crippen LogP contribution < -0.4 is 0 Å². The molecule has 0 spiro atoms. The first kappa shape index (κ1) is 26.6. The number of rotatable bonds is 19. The molecule has 0 amide bonds. The lowest BCUT2D eigenvalue weighted by Gasteiger charge is -2.09.